The van der Waals surface area contributed by atoms with Crippen LogP contribution < -0.4 is 11.2 Å². The number of nitrogens with zero attached hydrogens (tertiary/aromatic N) is 1. The zero-order chi connectivity index (χ0) is 23.7. The van der Waals surface area contributed by atoms with E-state index in [1.165, 1.54) is 16.8 Å². The Kier molecular flexibility index (Phi) is 5.68. The van der Waals surface area contributed by atoms with Crippen LogP contribution in [0.15, 0.2) is 21.9 Å². The van der Waals surface area contributed by atoms with Gasteiger partial charge >= 0.3 is 13.3 Å². The monoisotopic (exact) mass is 472 g/mol. The predicted octanol–water partition coefficient (Wildman–Crippen LogP) is 2.72. The Morgan fingerprint density at radius 3 is 2.56 bits per heavy atom. The first kappa shape index (κ1) is 23.9. The lowest BCUT2D eigenvalue weighted by molar-refractivity contribution is -0.162. The number of hydrogen-bond donors (Lipinski definition) is 2. The SMILES string of the molecule is CCC(C)(CC1C[C@@H](n2ccc(=O)[nH]c2=O)[C@@H]2OC(C)(C)O[C@H]12)OP1(=O)OC1(O)C(C)C. The number of rotatable bonds is 7. The van der Waals surface area contributed by atoms with Crippen LogP contribution in [0.3, 0.4) is 0 Å². The Hall–Kier alpha value is -1.29. The summed E-state index contributed by atoms with van der Waals surface area (Å²) in [6, 6.07) is 0.977. The van der Waals surface area contributed by atoms with Crippen LogP contribution in [0, 0.1) is 11.8 Å². The normalized spacial score (nSPS) is 39.8. The van der Waals surface area contributed by atoms with Crippen molar-refractivity contribution in [1.29, 1.82) is 0 Å². The molecule has 0 radical (unpaired) electrons. The molecule has 4 unspecified atom stereocenters. The smallest absolute Gasteiger partial charge is 0.356 e. The van der Waals surface area contributed by atoms with Crippen LogP contribution in [0.25, 0.3) is 0 Å². The van der Waals surface area contributed by atoms with Gasteiger partial charge in [0.1, 0.15) is 6.10 Å². The van der Waals surface area contributed by atoms with Crippen LogP contribution >= 0.6 is 7.60 Å². The summed E-state index contributed by atoms with van der Waals surface area (Å²) in [5, 5.41) is 10.5. The lowest BCUT2D eigenvalue weighted by atomic mass is 9.87. The van der Waals surface area contributed by atoms with Gasteiger partial charge in [-0.3, -0.25) is 28.0 Å². The predicted molar refractivity (Wildman–Crippen MR) is 115 cm³/mol. The fraction of sp³-hybridized carbons (Fsp3) is 0.810. The van der Waals surface area contributed by atoms with Crippen molar-refractivity contribution in [2.75, 3.05) is 0 Å². The molecule has 2 saturated heterocycles. The molecule has 1 aromatic heterocycles. The number of fused-ring (bicyclic) bond motifs is 1. The Morgan fingerprint density at radius 1 is 1.34 bits per heavy atom. The van der Waals surface area contributed by atoms with E-state index in [1.54, 1.807) is 13.8 Å². The molecule has 2 N–H and O–H groups in total. The molecule has 3 aliphatic rings. The first-order chi connectivity index (χ1) is 14.7. The standard InChI is InChI=1S/C21H33N2O8P/c1-7-20(6,30-32(27)21(26,31-32)12(2)3)11-13-10-14(17-16(13)28-19(4,5)29-17)23-9-8-15(24)22-18(23)25/h8-9,12-14,16-17,26H,7,10-11H2,1-6H3,(H,22,24,25)/t13?,14-,16-,17+,20?,21?,32?/m1/s1. The topological polar surface area (TPSA) is 132 Å². The minimum absolute atomic E-state index is 0.0748. The molecule has 3 heterocycles. The van der Waals surface area contributed by atoms with E-state index in [4.69, 9.17) is 18.5 Å². The number of aromatic nitrogens is 2. The van der Waals surface area contributed by atoms with Crippen molar-refractivity contribution in [3.63, 3.8) is 0 Å². The van der Waals surface area contributed by atoms with Crippen molar-refractivity contribution in [1.82, 2.24) is 9.55 Å². The average molecular weight is 472 g/mol. The second kappa shape index (κ2) is 7.61. The van der Waals surface area contributed by atoms with E-state index >= 15 is 0 Å². The lowest BCUT2D eigenvalue weighted by Crippen LogP contribution is -2.36. The van der Waals surface area contributed by atoms with E-state index in [0.29, 0.717) is 19.3 Å². The Labute approximate surface area is 186 Å². The molecule has 2 aliphatic heterocycles. The zero-order valence-electron chi connectivity index (χ0n) is 19.4. The van der Waals surface area contributed by atoms with Gasteiger partial charge in [-0.2, -0.15) is 0 Å². The number of nitrogens with one attached hydrogen (secondary N) is 1. The summed E-state index contributed by atoms with van der Waals surface area (Å²) in [5.74, 6) is -1.27. The molecular formula is C21H33N2O8P. The highest BCUT2D eigenvalue weighted by molar-refractivity contribution is 7.61. The fourth-order valence-electron chi connectivity index (χ4n) is 4.97. The van der Waals surface area contributed by atoms with Gasteiger partial charge in [0.15, 0.2) is 5.79 Å². The molecule has 3 fully saturated rings. The molecule has 1 saturated carbocycles. The molecule has 32 heavy (non-hydrogen) atoms. The third-order valence-electron chi connectivity index (χ3n) is 6.91. The van der Waals surface area contributed by atoms with Crippen LogP contribution in [0.2, 0.25) is 0 Å². The zero-order valence-corrected chi connectivity index (χ0v) is 20.3. The number of hydrogen-bond acceptors (Lipinski definition) is 8. The van der Waals surface area contributed by atoms with Gasteiger partial charge in [-0.05, 0) is 46.0 Å². The van der Waals surface area contributed by atoms with Crippen LogP contribution in [-0.2, 0) is 23.1 Å². The molecule has 0 spiro atoms. The van der Waals surface area contributed by atoms with Gasteiger partial charge < -0.3 is 14.6 Å². The van der Waals surface area contributed by atoms with Crippen LogP contribution in [0.4, 0.5) is 0 Å². The molecule has 180 valence electrons. The van der Waals surface area contributed by atoms with Gasteiger partial charge in [-0.1, -0.05) is 20.8 Å². The van der Waals surface area contributed by atoms with Gasteiger partial charge in [0, 0.05) is 18.2 Å². The highest BCUT2D eigenvalue weighted by atomic mass is 31.2. The number of H-pyrrole nitrogens is 1. The molecule has 7 atom stereocenters. The summed E-state index contributed by atoms with van der Waals surface area (Å²) in [5.41, 5.74) is -3.55. The summed E-state index contributed by atoms with van der Waals surface area (Å²) < 4.78 is 38.0. The van der Waals surface area contributed by atoms with E-state index < -0.39 is 35.8 Å². The number of aliphatic hydroxyl groups is 1. The van der Waals surface area contributed by atoms with Gasteiger partial charge in [-0.25, -0.2) is 4.79 Å². The summed E-state index contributed by atoms with van der Waals surface area (Å²) in [6.07, 6.45) is 2.34. The quantitative estimate of drug-likeness (QED) is 0.457. The molecule has 0 aromatic carbocycles. The molecular weight excluding hydrogens is 439 g/mol. The molecule has 1 aliphatic carbocycles. The highest BCUT2D eigenvalue weighted by Gasteiger charge is 2.73. The first-order valence-corrected chi connectivity index (χ1v) is 12.7. The first-order valence-electron chi connectivity index (χ1n) is 11.1. The third-order valence-corrected chi connectivity index (χ3v) is 9.34. The molecule has 0 amide bonds. The third kappa shape index (κ3) is 3.95. The molecule has 4 rings (SSSR count). The Balaban J connectivity index is 1.59. The summed E-state index contributed by atoms with van der Waals surface area (Å²) >= 11 is 0. The van der Waals surface area contributed by atoms with Crippen molar-refractivity contribution >= 4 is 7.60 Å². The van der Waals surface area contributed by atoms with Crippen LogP contribution in [-0.4, -0.2) is 43.8 Å². The lowest BCUT2D eigenvalue weighted by Gasteiger charge is -2.32. The van der Waals surface area contributed by atoms with Crippen LogP contribution in [0.1, 0.15) is 66.8 Å². The maximum atomic E-state index is 13.0. The Morgan fingerprint density at radius 2 is 2.00 bits per heavy atom. The average Bonchev–Trinajstić information content (AvgIpc) is 2.91. The fourth-order valence-corrected chi connectivity index (χ4v) is 7.28. The maximum Gasteiger partial charge on any atom is 0.393 e. The van der Waals surface area contributed by atoms with Crippen molar-refractivity contribution in [3.05, 3.63) is 33.1 Å². The van der Waals surface area contributed by atoms with Gasteiger partial charge in [0.2, 0.25) is 0 Å². The van der Waals surface area contributed by atoms with Crippen molar-refractivity contribution in [2.45, 2.75) is 96.0 Å². The second-order valence-corrected chi connectivity index (χ2v) is 12.1. The molecule has 1 aromatic rings. The summed E-state index contributed by atoms with van der Waals surface area (Å²) in [4.78, 5) is 26.3. The number of ether oxygens (including phenoxy) is 2. The largest absolute Gasteiger partial charge is 0.393 e. The van der Waals surface area contributed by atoms with E-state index in [2.05, 4.69) is 4.98 Å². The van der Waals surface area contributed by atoms with E-state index in [9.17, 15) is 19.3 Å². The van der Waals surface area contributed by atoms with E-state index in [1.807, 2.05) is 27.7 Å². The summed E-state index contributed by atoms with van der Waals surface area (Å²) in [6.45, 7) is 10.9. The molecule has 10 nitrogen and oxygen atoms in total. The van der Waals surface area contributed by atoms with Crippen molar-refractivity contribution in [3.8, 4) is 0 Å². The summed E-state index contributed by atoms with van der Waals surface area (Å²) in [7, 11) is -3.64. The van der Waals surface area contributed by atoms with Crippen LogP contribution in [0.5, 0.6) is 0 Å². The molecule has 0 bridgehead atoms. The van der Waals surface area contributed by atoms with E-state index in [-0.39, 0.29) is 30.1 Å². The Bertz CT molecular complexity index is 1050. The number of aromatic amines is 1. The van der Waals surface area contributed by atoms with Gasteiger partial charge in [-0.15, -0.1) is 0 Å². The van der Waals surface area contributed by atoms with Crippen molar-refractivity contribution in [2.24, 2.45) is 11.8 Å². The highest BCUT2D eigenvalue weighted by Crippen LogP contribution is 2.81. The molecule has 11 heteroatoms. The van der Waals surface area contributed by atoms with Gasteiger partial charge in [0.05, 0.1) is 17.7 Å². The van der Waals surface area contributed by atoms with E-state index in [0.717, 1.165) is 0 Å². The minimum atomic E-state index is -3.64. The van der Waals surface area contributed by atoms with Crippen molar-refractivity contribution < 1.29 is 28.2 Å². The van der Waals surface area contributed by atoms with Gasteiger partial charge in [0.25, 0.3) is 11.1 Å². The minimum Gasteiger partial charge on any atom is -0.356 e. The second-order valence-electron chi connectivity index (χ2n) is 10.1. The maximum absolute atomic E-state index is 13.0.